The van der Waals surface area contributed by atoms with Gasteiger partial charge in [-0.2, -0.15) is 0 Å². The first-order valence-corrected chi connectivity index (χ1v) is 5.54. The fourth-order valence-corrected chi connectivity index (χ4v) is 1.64. The topological polar surface area (TPSA) is 39.6 Å². The Kier molecular flexibility index (Phi) is 5.22. The number of rotatable bonds is 6. The first kappa shape index (κ1) is 12.9. The van der Waals surface area contributed by atoms with Gasteiger partial charge in [0, 0.05) is 25.4 Å². The third-order valence-electron chi connectivity index (χ3n) is 2.57. The molecule has 0 unspecified atom stereocenters. The first-order chi connectivity index (χ1) is 7.65. The summed E-state index contributed by atoms with van der Waals surface area (Å²) in [5, 5.41) is 9.22. The molecule has 0 amide bonds. The molecule has 1 heterocycles. The average Bonchev–Trinajstić information content (AvgIpc) is 2.28. The van der Waals surface area contributed by atoms with E-state index in [9.17, 15) is 5.11 Å². The van der Waals surface area contributed by atoms with Crippen LogP contribution in [0.1, 0.15) is 12.0 Å². The highest BCUT2D eigenvalue weighted by molar-refractivity contribution is 5.50. The van der Waals surface area contributed by atoms with Crippen molar-refractivity contribution in [2.45, 2.75) is 13.0 Å². The van der Waals surface area contributed by atoms with Crippen molar-refractivity contribution in [1.82, 2.24) is 9.88 Å². The molecule has 0 radical (unpaired) electrons. The van der Waals surface area contributed by atoms with Crippen LogP contribution >= 0.6 is 0 Å². The van der Waals surface area contributed by atoms with E-state index >= 15 is 0 Å². The van der Waals surface area contributed by atoms with Crippen LogP contribution in [-0.4, -0.2) is 49.2 Å². The van der Waals surface area contributed by atoms with Crippen LogP contribution in [0.4, 0.5) is 5.69 Å². The maximum Gasteiger partial charge on any atom is 0.0703 e. The number of anilines is 1. The Balaban J connectivity index is 2.55. The van der Waals surface area contributed by atoms with Crippen molar-refractivity contribution >= 4 is 5.69 Å². The van der Waals surface area contributed by atoms with Crippen molar-refractivity contribution in [3.05, 3.63) is 24.0 Å². The Labute approximate surface area is 97.5 Å². The molecule has 16 heavy (non-hydrogen) atoms. The summed E-state index contributed by atoms with van der Waals surface area (Å²) in [6, 6.07) is 1.86. The number of nitrogens with zero attached hydrogens (tertiary/aromatic N) is 3. The van der Waals surface area contributed by atoms with E-state index in [0.29, 0.717) is 0 Å². The fraction of sp³-hybridized carbons (Fsp3) is 0.583. The molecule has 4 nitrogen and oxygen atoms in total. The lowest BCUT2D eigenvalue weighted by atomic mass is 10.2. The molecule has 0 bridgehead atoms. The third-order valence-corrected chi connectivity index (χ3v) is 2.57. The van der Waals surface area contributed by atoms with Gasteiger partial charge in [0.05, 0.1) is 18.5 Å². The molecule has 0 aliphatic carbocycles. The largest absolute Gasteiger partial charge is 0.392 e. The molecule has 1 rings (SSSR count). The van der Waals surface area contributed by atoms with Crippen LogP contribution in [0.5, 0.6) is 0 Å². The van der Waals surface area contributed by atoms with Crippen LogP contribution in [0.25, 0.3) is 0 Å². The fourth-order valence-electron chi connectivity index (χ4n) is 1.64. The third kappa shape index (κ3) is 3.79. The van der Waals surface area contributed by atoms with Gasteiger partial charge < -0.3 is 14.9 Å². The van der Waals surface area contributed by atoms with E-state index < -0.39 is 0 Å². The minimum atomic E-state index is 0.0654. The Hall–Kier alpha value is -1.13. The molecule has 1 aromatic rings. The average molecular weight is 223 g/mol. The highest BCUT2D eigenvalue weighted by atomic mass is 16.3. The van der Waals surface area contributed by atoms with Crippen LogP contribution in [0.15, 0.2) is 18.5 Å². The Morgan fingerprint density at radius 1 is 1.25 bits per heavy atom. The zero-order valence-corrected chi connectivity index (χ0v) is 10.3. The maximum absolute atomic E-state index is 9.22. The van der Waals surface area contributed by atoms with Crippen LogP contribution < -0.4 is 4.90 Å². The van der Waals surface area contributed by atoms with Crippen molar-refractivity contribution < 1.29 is 5.11 Å². The number of hydrogen-bond donors (Lipinski definition) is 1. The SMILES string of the molecule is CN(C)CCCN(C)c1cnccc1CO. The maximum atomic E-state index is 9.22. The van der Waals surface area contributed by atoms with Crippen molar-refractivity contribution in [1.29, 1.82) is 0 Å². The van der Waals surface area contributed by atoms with E-state index in [4.69, 9.17) is 0 Å². The summed E-state index contributed by atoms with van der Waals surface area (Å²) >= 11 is 0. The molecule has 1 aromatic heterocycles. The summed E-state index contributed by atoms with van der Waals surface area (Å²) in [5.74, 6) is 0. The van der Waals surface area contributed by atoms with Crippen molar-refractivity contribution in [3.8, 4) is 0 Å². The minimum Gasteiger partial charge on any atom is -0.392 e. The number of hydrogen-bond acceptors (Lipinski definition) is 4. The Morgan fingerprint density at radius 3 is 2.62 bits per heavy atom. The summed E-state index contributed by atoms with van der Waals surface area (Å²) < 4.78 is 0. The summed E-state index contributed by atoms with van der Waals surface area (Å²) in [6.45, 7) is 2.10. The molecule has 0 atom stereocenters. The second-order valence-corrected chi connectivity index (χ2v) is 4.24. The monoisotopic (exact) mass is 223 g/mol. The highest BCUT2D eigenvalue weighted by Gasteiger charge is 2.06. The van der Waals surface area contributed by atoms with Gasteiger partial charge in [0.15, 0.2) is 0 Å². The quantitative estimate of drug-likeness (QED) is 0.780. The number of aliphatic hydroxyl groups is 1. The van der Waals surface area contributed by atoms with E-state index in [1.807, 2.05) is 13.1 Å². The summed E-state index contributed by atoms with van der Waals surface area (Å²) in [7, 11) is 6.18. The standard InChI is InChI=1S/C12H21N3O/c1-14(2)7-4-8-15(3)12-9-13-6-5-11(12)10-16/h5-6,9,16H,4,7-8,10H2,1-3H3. The molecule has 0 saturated carbocycles. The lowest BCUT2D eigenvalue weighted by molar-refractivity contribution is 0.282. The molecular weight excluding hydrogens is 202 g/mol. The van der Waals surface area contributed by atoms with Gasteiger partial charge in [-0.05, 0) is 33.1 Å². The van der Waals surface area contributed by atoms with Gasteiger partial charge in [-0.3, -0.25) is 4.98 Å². The van der Waals surface area contributed by atoms with E-state index in [0.717, 1.165) is 30.8 Å². The van der Waals surface area contributed by atoms with Gasteiger partial charge in [0.2, 0.25) is 0 Å². The molecule has 90 valence electrons. The second kappa shape index (κ2) is 6.45. The Bertz CT molecular complexity index is 315. The number of aliphatic hydroxyl groups excluding tert-OH is 1. The van der Waals surface area contributed by atoms with Crippen molar-refractivity contribution in [2.75, 3.05) is 39.1 Å². The van der Waals surface area contributed by atoms with Crippen LogP contribution in [0.2, 0.25) is 0 Å². The van der Waals surface area contributed by atoms with E-state index in [-0.39, 0.29) is 6.61 Å². The predicted molar refractivity (Wildman–Crippen MR) is 66.6 cm³/mol. The molecule has 1 N–H and O–H groups in total. The molecular formula is C12H21N3O. The van der Waals surface area contributed by atoms with Crippen LogP contribution in [-0.2, 0) is 6.61 Å². The molecule has 0 fully saturated rings. The van der Waals surface area contributed by atoms with Crippen LogP contribution in [0, 0.1) is 0 Å². The molecule has 0 aliphatic rings. The van der Waals surface area contributed by atoms with Gasteiger partial charge in [-0.15, -0.1) is 0 Å². The lowest BCUT2D eigenvalue weighted by Crippen LogP contribution is -2.24. The minimum absolute atomic E-state index is 0.0654. The van der Waals surface area contributed by atoms with Gasteiger partial charge >= 0.3 is 0 Å². The Morgan fingerprint density at radius 2 is 2.00 bits per heavy atom. The van der Waals surface area contributed by atoms with E-state index in [2.05, 4.69) is 28.9 Å². The van der Waals surface area contributed by atoms with Crippen molar-refractivity contribution in [3.63, 3.8) is 0 Å². The van der Waals surface area contributed by atoms with Gasteiger partial charge in [0.1, 0.15) is 0 Å². The van der Waals surface area contributed by atoms with E-state index in [1.165, 1.54) is 0 Å². The zero-order valence-electron chi connectivity index (χ0n) is 10.3. The lowest BCUT2D eigenvalue weighted by Gasteiger charge is -2.22. The first-order valence-electron chi connectivity index (χ1n) is 5.54. The number of aromatic nitrogens is 1. The highest BCUT2D eigenvalue weighted by Crippen LogP contribution is 2.17. The summed E-state index contributed by atoms with van der Waals surface area (Å²) in [6.07, 6.45) is 4.62. The molecule has 0 aromatic carbocycles. The van der Waals surface area contributed by atoms with Gasteiger partial charge in [-0.1, -0.05) is 0 Å². The summed E-state index contributed by atoms with van der Waals surface area (Å²) in [4.78, 5) is 8.41. The predicted octanol–water partition coefficient (Wildman–Crippen LogP) is 0.962. The number of pyridine rings is 1. The van der Waals surface area contributed by atoms with Crippen LogP contribution in [0.3, 0.4) is 0 Å². The normalized spacial score (nSPS) is 10.8. The van der Waals surface area contributed by atoms with Gasteiger partial charge in [-0.25, -0.2) is 0 Å². The summed E-state index contributed by atoms with van der Waals surface area (Å²) in [5.41, 5.74) is 1.95. The smallest absolute Gasteiger partial charge is 0.0703 e. The molecule has 0 spiro atoms. The van der Waals surface area contributed by atoms with Gasteiger partial charge in [0.25, 0.3) is 0 Å². The molecule has 4 heteroatoms. The van der Waals surface area contributed by atoms with Crippen molar-refractivity contribution in [2.24, 2.45) is 0 Å². The molecule has 0 aliphatic heterocycles. The molecule has 0 saturated heterocycles. The zero-order chi connectivity index (χ0) is 12.0. The second-order valence-electron chi connectivity index (χ2n) is 4.24. The van der Waals surface area contributed by atoms with E-state index in [1.54, 1.807) is 12.4 Å².